The third-order valence-electron chi connectivity index (χ3n) is 5.83. The summed E-state index contributed by atoms with van der Waals surface area (Å²) in [5.74, 6) is 0.372. The highest BCUT2D eigenvalue weighted by molar-refractivity contribution is 7.09. The minimum atomic E-state index is -0.380. The molecule has 0 spiro atoms. The molecule has 1 unspecified atom stereocenters. The summed E-state index contributed by atoms with van der Waals surface area (Å²) in [6.45, 7) is 3.75. The molecule has 1 aromatic heterocycles. The highest BCUT2D eigenvalue weighted by atomic mass is 32.1. The van der Waals surface area contributed by atoms with E-state index in [0.29, 0.717) is 19.1 Å². The van der Waals surface area contributed by atoms with Gasteiger partial charge in [0.25, 0.3) is 0 Å². The topological polar surface area (TPSA) is 49.7 Å². The van der Waals surface area contributed by atoms with E-state index < -0.39 is 0 Å². The third-order valence-corrected chi connectivity index (χ3v) is 6.68. The third kappa shape index (κ3) is 6.26. The van der Waals surface area contributed by atoms with Crippen LogP contribution in [0, 0.1) is 5.92 Å². The Labute approximate surface area is 179 Å². The Kier molecular flexibility index (Phi) is 8.93. The fraction of sp³-hybridized carbons (Fsp3) is 0.520. The van der Waals surface area contributed by atoms with Crippen molar-refractivity contribution in [3.05, 3.63) is 63.4 Å². The molecule has 1 aromatic carbocycles. The molecule has 1 aliphatic rings. The number of hydrogen-bond acceptors (Lipinski definition) is 4. The lowest BCUT2D eigenvalue weighted by molar-refractivity contribution is 0.103. The summed E-state index contributed by atoms with van der Waals surface area (Å²) in [6, 6.07) is 12.6. The van der Waals surface area contributed by atoms with Gasteiger partial charge in [-0.05, 0) is 53.8 Å². The number of rotatable bonds is 12. The Morgan fingerprint density at radius 2 is 2.00 bits per heavy atom. The van der Waals surface area contributed by atoms with Gasteiger partial charge in [-0.1, -0.05) is 62.1 Å². The SMILES string of the molecule is CCCCCC(O)c1ccc(C2=C(CCO)CC[C@@H]2COCc2cccs2)cc1. The summed E-state index contributed by atoms with van der Waals surface area (Å²) in [6.07, 6.45) is 6.69. The van der Waals surface area contributed by atoms with Gasteiger partial charge in [0, 0.05) is 17.4 Å². The van der Waals surface area contributed by atoms with Gasteiger partial charge in [0.15, 0.2) is 0 Å². The second kappa shape index (κ2) is 11.7. The zero-order valence-electron chi connectivity index (χ0n) is 17.5. The van der Waals surface area contributed by atoms with Crippen molar-refractivity contribution in [3.8, 4) is 0 Å². The Bertz CT molecular complexity index is 749. The van der Waals surface area contributed by atoms with Crippen LogP contribution in [0.3, 0.4) is 0 Å². The van der Waals surface area contributed by atoms with E-state index >= 15 is 0 Å². The highest BCUT2D eigenvalue weighted by Gasteiger charge is 2.26. The average molecular weight is 415 g/mol. The summed E-state index contributed by atoms with van der Waals surface area (Å²) in [7, 11) is 0. The first-order chi connectivity index (χ1) is 14.2. The molecule has 2 N–H and O–H groups in total. The molecule has 0 fully saturated rings. The summed E-state index contributed by atoms with van der Waals surface area (Å²) >= 11 is 1.73. The van der Waals surface area contributed by atoms with Crippen molar-refractivity contribution in [2.45, 2.75) is 64.6 Å². The van der Waals surface area contributed by atoms with Crippen LogP contribution in [0.2, 0.25) is 0 Å². The van der Waals surface area contributed by atoms with E-state index in [1.54, 1.807) is 11.3 Å². The predicted octanol–water partition coefficient (Wildman–Crippen LogP) is 6.12. The Balaban J connectivity index is 1.67. The number of ether oxygens (including phenoxy) is 1. The van der Waals surface area contributed by atoms with Gasteiger partial charge in [0.1, 0.15) is 0 Å². The van der Waals surface area contributed by atoms with Crippen molar-refractivity contribution in [2.75, 3.05) is 13.2 Å². The van der Waals surface area contributed by atoms with E-state index in [1.165, 1.54) is 34.4 Å². The smallest absolute Gasteiger partial charge is 0.0809 e. The number of hydrogen-bond donors (Lipinski definition) is 2. The highest BCUT2D eigenvalue weighted by Crippen LogP contribution is 2.41. The van der Waals surface area contributed by atoms with Gasteiger partial charge in [-0.25, -0.2) is 0 Å². The number of thiophene rings is 1. The predicted molar refractivity (Wildman–Crippen MR) is 121 cm³/mol. The number of unbranched alkanes of at least 4 members (excludes halogenated alkanes) is 2. The monoisotopic (exact) mass is 414 g/mol. The van der Waals surface area contributed by atoms with Gasteiger partial charge in [-0.2, -0.15) is 0 Å². The van der Waals surface area contributed by atoms with Crippen LogP contribution in [-0.4, -0.2) is 23.4 Å². The quantitative estimate of drug-likeness (QED) is 0.411. The van der Waals surface area contributed by atoms with E-state index in [0.717, 1.165) is 37.7 Å². The van der Waals surface area contributed by atoms with Crippen molar-refractivity contribution >= 4 is 16.9 Å². The number of benzene rings is 1. The first-order valence-corrected chi connectivity index (χ1v) is 11.8. The molecule has 0 bridgehead atoms. The maximum atomic E-state index is 10.4. The van der Waals surface area contributed by atoms with Crippen LogP contribution >= 0.6 is 11.3 Å². The summed E-state index contributed by atoms with van der Waals surface area (Å²) in [5, 5.41) is 22.0. The molecule has 0 radical (unpaired) electrons. The molecule has 0 amide bonds. The molecule has 0 saturated heterocycles. The maximum absolute atomic E-state index is 10.4. The lowest BCUT2D eigenvalue weighted by Gasteiger charge is -2.18. The van der Waals surface area contributed by atoms with Crippen molar-refractivity contribution in [3.63, 3.8) is 0 Å². The molecular weight excluding hydrogens is 380 g/mol. The van der Waals surface area contributed by atoms with Crippen LogP contribution in [0.1, 0.15) is 74.0 Å². The van der Waals surface area contributed by atoms with Crippen LogP contribution in [0.25, 0.3) is 5.57 Å². The molecule has 1 heterocycles. The van der Waals surface area contributed by atoms with E-state index in [2.05, 4.69) is 48.7 Å². The molecule has 4 heteroatoms. The molecule has 29 heavy (non-hydrogen) atoms. The number of aliphatic hydroxyl groups excluding tert-OH is 2. The first-order valence-electron chi connectivity index (χ1n) is 10.9. The molecule has 2 aromatic rings. The maximum Gasteiger partial charge on any atom is 0.0809 e. The average Bonchev–Trinajstić information content (AvgIpc) is 3.39. The minimum absolute atomic E-state index is 0.190. The summed E-state index contributed by atoms with van der Waals surface area (Å²) in [5.41, 5.74) is 4.91. The van der Waals surface area contributed by atoms with E-state index in [-0.39, 0.29) is 12.7 Å². The van der Waals surface area contributed by atoms with Crippen molar-refractivity contribution in [1.82, 2.24) is 0 Å². The van der Waals surface area contributed by atoms with Gasteiger partial charge in [0.2, 0.25) is 0 Å². The largest absolute Gasteiger partial charge is 0.396 e. The van der Waals surface area contributed by atoms with Crippen molar-refractivity contribution < 1.29 is 14.9 Å². The minimum Gasteiger partial charge on any atom is -0.396 e. The van der Waals surface area contributed by atoms with Gasteiger partial charge >= 0.3 is 0 Å². The van der Waals surface area contributed by atoms with Crippen LogP contribution in [-0.2, 0) is 11.3 Å². The van der Waals surface area contributed by atoms with Gasteiger partial charge in [0.05, 0.1) is 19.3 Å². The number of aliphatic hydroxyl groups is 2. The standard InChI is InChI=1S/C25H34O3S/c1-2-3-4-7-24(27)19-8-10-20(11-9-19)25-21(14-15-26)12-13-22(25)17-28-18-23-6-5-16-29-23/h5-6,8-11,16,22,24,26-27H,2-4,7,12-15,17-18H2,1H3/t22-,24?/m1/s1. The Morgan fingerprint density at radius 3 is 2.69 bits per heavy atom. The molecular formula is C25H34O3S. The Hall–Kier alpha value is -1.46. The van der Waals surface area contributed by atoms with Crippen molar-refractivity contribution in [1.29, 1.82) is 0 Å². The van der Waals surface area contributed by atoms with Crippen LogP contribution < -0.4 is 0 Å². The fourth-order valence-corrected chi connectivity index (χ4v) is 4.89. The zero-order chi connectivity index (χ0) is 20.5. The second-order valence-corrected chi connectivity index (χ2v) is 8.99. The molecule has 158 valence electrons. The molecule has 3 rings (SSSR count). The van der Waals surface area contributed by atoms with Gasteiger partial charge in [-0.3, -0.25) is 0 Å². The zero-order valence-corrected chi connectivity index (χ0v) is 18.3. The Morgan fingerprint density at radius 1 is 1.17 bits per heavy atom. The summed E-state index contributed by atoms with van der Waals surface area (Å²) in [4.78, 5) is 1.26. The van der Waals surface area contributed by atoms with Crippen LogP contribution in [0.4, 0.5) is 0 Å². The van der Waals surface area contributed by atoms with E-state index in [4.69, 9.17) is 4.74 Å². The molecule has 2 atom stereocenters. The normalized spacial score (nSPS) is 17.8. The van der Waals surface area contributed by atoms with Crippen molar-refractivity contribution in [2.24, 2.45) is 5.92 Å². The molecule has 0 saturated carbocycles. The molecule has 1 aliphatic carbocycles. The molecule has 0 aliphatic heterocycles. The van der Waals surface area contributed by atoms with Crippen LogP contribution in [0.5, 0.6) is 0 Å². The second-order valence-electron chi connectivity index (χ2n) is 7.95. The van der Waals surface area contributed by atoms with E-state index in [9.17, 15) is 10.2 Å². The van der Waals surface area contributed by atoms with Gasteiger partial charge in [-0.15, -0.1) is 11.3 Å². The first kappa shape index (κ1) is 22.2. The lowest BCUT2D eigenvalue weighted by atomic mass is 9.91. The fourth-order valence-electron chi connectivity index (χ4n) is 4.25. The summed E-state index contributed by atoms with van der Waals surface area (Å²) < 4.78 is 6.03. The van der Waals surface area contributed by atoms with Gasteiger partial charge < -0.3 is 14.9 Å². The van der Waals surface area contributed by atoms with E-state index in [1.807, 2.05) is 0 Å². The molecule has 3 nitrogen and oxygen atoms in total. The lowest BCUT2D eigenvalue weighted by Crippen LogP contribution is -2.09. The van der Waals surface area contributed by atoms with Crippen LogP contribution in [0.15, 0.2) is 47.4 Å².